The van der Waals surface area contributed by atoms with E-state index in [2.05, 4.69) is 20.3 Å². The first kappa shape index (κ1) is 19.4. The molecular weight excluding hydrogens is 383 g/mol. The fourth-order valence-electron chi connectivity index (χ4n) is 3.38. The number of hydrogen-bond acceptors (Lipinski definition) is 4. The smallest absolute Gasteiger partial charge is 0.272 e. The quantitative estimate of drug-likeness (QED) is 0.681. The number of aromatic nitrogens is 4. The number of aryl methyl sites for hydroxylation is 2. The molecule has 3 aromatic rings. The summed E-state index contributed by atoms with van der Waals surface area (Å²) in [7, 11) is 0. The first-order valence-electron chi connectivity index (χ1n) is 9.37. The van der Waals surface area contributed by atoms with E-state index in [1.54, 1.807) is 13.8 Å². The van der Waals surface area contributed by atoms with Crippen molar-refractivity contribution in [3.63, 3.8) is 0 Å². The van der Waals surface area contributed by atoms with Crippen molar-refractivity contribution in [3.05, 3.63) is 53.1 Å². The van der Waals surface area contributed by atoms with E-state index in [0.29, 0.717) is 28.1 Å². The second-order valence-electron chi connectivity index (χ2n) is 7.39. The number of halogens is 3. The maximum atomic E-state index is 14.1. The zero-order chi connectivity index (χ0) is 20.7. The summed E-state index contributed by atoms with van der Waals surface area (Å²) >= 11 is 0. The summed E-state index contributed by atoms with van der Waals surface area (Å²) in [5, 5.41) is 2.87. The molecular formula is C20H20F3N5O. The van der Waals surface area contributed by atoms with E-state index in [4.69, 9.17) is 0 Å². The Bertz CT molecular complexity index is 1060. The number of alkyl halides is 2. The molecule has 29 heavy (non-hydrogen) atoms. The zero-order valence-corrected chi connectivity index (χ0v) is 16.0. The van der Waals surface area contributed by atoms with E-state index in [9.17, 15) is 18.0 Å². The van der Waals surface area contributed by atoms with Gasteiger partial charge in [0, 0.05) is 12.3 Å². The van der Waals surface area contributed by atoms with Gasteiger partial charge in [-0.25, -0.2) is 23.1 Å². The maximum absolute atomic E-state index is 14.1. The largest absolute Gasteiger partial charge is 0.340 e. The lowest BCUT2D eigenvalue weighted by molar-refractivity contribution is 0.0921. The van der Waals surface area contributed by atoms with Gasteiger partial charge in [-0.15, -0.1) is 0 Å². The van der Waals surface area contributed by atoms with Crippen LogP contribution in [0.15, 0.2) is 24.5 Å². The van der Waals surface area contributed by atoms with Crippen LogP contribution in [0, 0.1) is 25.6 Å². The Labute approximate surface area is 165 Å². The fraction of sp³-hybridized carbons (Fsp3) is 0.400. The third kappa shape index (κ3) is 3.94. The number of imidazole rings is 1. The van der Waals surface area contributed by atoms with Gasteiger partial charge in [0.2, 0.25) is 0 Å². The van der Waals surface area contributed by atoms with E-state index in [-0.39, 0.29) is 11.6 Å². The van der Waals surface area contributed by atoms with Crippen molar-refractivity contribution in [2.24, 2.45) is 5.92 Å². The standard InChI is InChI=1S/C20H20F3N5O/c1-10-5-14-16(6-13(10)21)28(9-17(22)23)19(26-14)18(12-3-4-12)27-20(29)15-8-24-11(2)7-25-15/h5-8,12,17-18H,3-4,9H2,1-2H3,(H,27,29)/t18-/m0/s1. The summed E-state index contributed by atoms with van der Waals surface area (Å²) in [5.74, 6) is -0.549. The van der Waals surface area contributed by atoms with E-state index in [0.717, 1.165) is 12.8 Å². The average Bonchev–Trinajstić information content (AvgIpc) is 3.46. The van der Waals surface area contributed by atoms with Gasteiger partial charge in [-0.05, 0) is 44.2 Å². The van der Waals surface area contributed by atoms with Gasteiger partial charge in [-0.3, -0.25) is 9.78 Å². The Kier molecular flexibility index (Phi) is 4.97. The topological polar surface area (TPSA) is 72.7 Å². The number of nitrogens with zero attached hydrogens (tertiary/aromatic N) is 4. The number of hydrogen-bond donors (Lipinski definition) is 1. The third-order valence-corrected chi connectivity index (χ3v) is 5.05. The molecule has 0 aliphatic heterocycles. The Morgan fingerprint density at radius 2 is 2.00 bits per heavy atom. The van der Waals surface area contributed by atoms with Crippen molar-refractivity contribution in [2.45, 2.75) is 45.7 Å². The van der Waals surface area contributed by atoms with Gasteiger partial charge in [-0.1, -0.05) is 0 Å². The molecule has 1 aliphatic rings. The number of carbonyl (C=O) groups excluding carboxylic acids is 1. The van der Waals surface area contributed by atoms with Crippen LogP contribution in [0.1, 0.15) is 46.5 Å². The summed E-state index contributed by atoms with van der Waals surface area (Å²) in [6.07, 6.45) is 1.90. The lowest BCUT2D eigenvalue weighted by Gasteiger charge is -2.19. The van der Waals surface area contributed by atoms with E-state index in [1.165, 1.54) is 29.1 Å². The van der Waals surface area contributed by atoms with Crippen molar-refractivity contribution >= 4 is 16.9 Å². The van der Waals surface area contributed by atoms with E-state index >= 15 is 0 Å². The lowest BCUT2D eigenvalue weighted by atomic mass is 10.1. The van der Waals surface area contributed by atoms with Crippen LogP contribution in [0.4, 0.5) is 13.2 Å². The Morgan fingerprint density at radius 1 is 1.24 bits per heavy atom. The minimum atomic E-state index is -2.64. The van der Waals surface area contributed by atoms with Crippen LogP contribution in [0.5, 0.6) is 0 Å². The second-order valence-corrected chi connectivity index (χ2v) is 7.39. The second kappa shape index (κ2) is 7.46. The number of fused-ring (bicyclic) bond motifs is 1. The van der Waals surface area contributed by atoms with Crippen LogP contribution in [-0.2, 0) is 6.54 Å². The monoisotopic (exact) mass is 403 g/mol. The van der Waals surface area contributed by atoms with Gasteiger partial charge >= 0.3 is 0 Å². The number of carbonyl (C=O) groups is 1. The molecule has 2 heterocycles. The number of nitrogens with one attached hydrogen (secondary N) is 1. The molecule has 1 aromatic carbocycles. The molecule has 6 nitrogen and oxygen atoms in total. The van der Waals surface area contributed by atoms with Crippen molar-refractivity contribution < 1.29 is 18.0 Å². The molecule has 1 N–H and O–H groups in total. The molecule has 1 saturated carbocycles. The van der Waals surface area contributed by atoms with Crippen LogP contribution in [0.25, 0.3) is 11.0 Å². The highest BCUT2D eigenvalue weighted by molar-refractivity contribution is 5.92. The minimum absolute atomic E-state index is 0.0801. The summed E-state index contributed by atoms with van der Waals surface area (Å²) in [4.78, 5) is 25.3. The highest BCUT2D eigenvalue weighted by Crippen LogP contribution is 2.42. The van der Waals surface area contributed by atoms with Crippen LogP contribution in [-0.4, -0.2) is 31.9 Å². The lowest BCUT2D eigenvalue weighted by Crippen LogP contribution is -2.33. The van der Waals surface area contributed by atoms with Crippen molar-refractivity contribution in [1.82, 2.24) is 24.8 Å². The molecule has 152 valence electrons. The highest BCUT2D eigenvalue weighted by atomic mass is 19.3. The average molecular weight is 403 g/mol. The van der Waals surface area contributed by atoms with Crippen LogP contribution >= 0.6 is 0 Å². The molecule has 0 spiro atoms. The molecule has 0 bridgehead atoms. The van der Waals surface area contributed by atoms with Crippen molar-refractivity contribution in [1.29, 1.82) is 0 Å². The first-order chi connectivity index (χ1) is 13.8. The van der Waals surface area contributed by atoms with Crippen molar-refractivity contribution in [3.8, 4) is 0 Å². The molecule has 9 heteroatoms. The zero-order valence-electron chi connectivity index (χ0n) is 16.0. The van der Waals surface area contributed by atoms with Gasteiger partial charge in [-0.2, -0.15) is 0 Å². The molecule has 1 aliphatic carbocycles. The van der Waals surface area contributed by atoms with Crippen LogP contribution < -0.4 is 5.32 Å². The molecule has 4 rings (SSSR count). The maximum Gasteiger partial charge on any atom is 0.272 e. The molecule has 0 unspecified atom stereocenters. The first-order valence-corrected chi connectivity index (χ1v) is 9.37. The summed E-state index contributed by atoms with van der Waals surface area (Å²) in [5.41, 5.74) is 1.91. The van der Waals surface area contributed by atoms with E-state index in [1.807, 2.05) is 0 Å². The highest BCUT2D eigenvalue weighted by Gasteiger charge is 2.37. The number of amides is 1. The normalized spacial score (nSPS) is 15.1. The van der Waals surface area contributed by atoms with Gasteiger partial charge in [0.1, 0.15) is 17.3 Å². The SMILES string of the molecule is Cc1cnc(C(=O)N[C@H](c2nc3cc(C)c(F)cc3n2CC(F)F)C2CC2)cn1. The predicted molar refractivity (Wildman–Crippen MR) is 100 cm³/mol. The molecule has 1 fully saturated rings. The Hall–Kier alpha value is -2.97. The van der Waals surface area contributed by atoms with Crippen LogP contribution in [0.2, 0.25) is 0 Å². The van der Waals surface area contributed by atoms with E-state index < -0.39 is 30.7 Å². The summed E-state index contributed by atoms with van der Waals surface area (Å²) in [6, 6.07) is 2.19. The van der Waals surface area contributed by atoms with Gasteiger partial charge < -0.3 is 9.88 Å². The number of rotatable bonds is 6. The molecule has 1 amide bonds. The fourth-order valence-corrected chi connectivity index (χ4v) is 3.38. The van der Waals surface area contributed by atoms with Gasteiger partial charge in [0.25, 0.3) is 12.3 Å². The Morgan fingerprint density at radius 3 is 2.62 bits per heavy atom. The summed E-state index contributed by atoms with van der Waals surface area (Å²) in [6.45, 7) is 2.73. The van der Waals surface area contributed by atoms with Gasteiger partial charge in [0.05, 0.1) is 35.5 Å². The number of benzene rings is 1. The predicted octanol–water partition coefficient (Wildman–Crippen LogP) is 3.73. The van der Waals surface area contributed by atoms with Crippen LogP contribution in [0.3, 0.4) is 0 Å². The Balaban J connectivity index is 1.74. The van der Waals surface area contributed by atoms with Gasteiger partial charge in [0.15, 0.2) is 0 Å². The molecule has 0 radical (unpaired) electrons. The molecule has 2 aromatic heterocycles. The summed E-state index contributed by atoms with van der Waals surface area (Å²) < 4.78 is 42.0. The van der Waals surface area contributed by atoms with Crippen molar-refractivity contribution in [2.75, 3.05) is 0 Å². The molecule has 0 saturated heterocycles. The minimum Gasteiger partial charge on any atom is -0.340 e. The molecule has 1 atom stereocenters. The third-order valence-electron chi connectivity index (χ3n) is 5.05.